The summed E-state index contributed by atoms with van der Waals surface area (Å²) in [5, 5.41) is 0. The Bertz CT molecular complexity index is 129. The summed E-state index contributed by atoms with van der Waals surface area (Å²) in [6.45, 7) is 81.3. The molecule has 0 unspecified atom stereocenters. The summed E-state index contributed by atoms with van der Waals surface area (Å²) in [7, 11) is 0. The van der Waals surface area contributed by atoms with Crippen molar-refractivity contribution in [3.8, 4) is 0 Å². The fourth-order valence-electron chi connectivity index (χ4n) is 2.04. The van der Waals surface area contributed by atoms with E-state index in [9.17, 15) is 0 Å². The molecule has 0 atom stereocenters. The zero-order valence-electron chi connectivity index (χ0n) is 52.9. The Morgan fingerprint density at radius 2 is 0.300 bits per heavy atom. The van der Waals surface area contributed by atoms with Gasteiger partial charge in [-0.25, -0.2) is 12.8 Å². The maximum absolute atomic E-state index is 2.25. The van der Waals surface area contributed by atoms with Gasteiger partial charge in [-0.3, -0.25) is 0 Å². The first-order valence-electron chi connectivity index (χ1n) is 27.8. The second-order valence-corrected chi connectivity index (χ2v) is 6.91. The van der Waals surface area contributed by atoms with Gasteiger partial charge in [0.05, 0.1) is 0 Å². The van der Waals surface area contributed by atoms with E-state index in [1.807, 2.05) is 222 Å². The van der Waals surface area contributed by atoms with Gasteiger partial charge in [-0.05, 0) is 0 Å². The van der Waals surface area contributed by atoms with E-state index in [1.165, 1.54) is 89.9 Å². The third-order valence-corrected chi connectivity index (χ3v) is 3.89. The van der Waals surface area contributed by atoms with Crippen LogP contribution in [0, 0.1) is 25.7 Å². The number of unbranched alkanes of at least 4 members (excludes halogenated alkanes) is 14. The van der Waals surface area contributed by atoms with E-state index in [1.54, 1.807) is 0 Å². The molecule has 0 aromatic rings. The van der Waals surface area contributed by atoms with Gasteiger partial charge in [-0.2, -0.15) is 40.5 Å². The van der Waals surface area contributed by atoms with Gasteiger partial charge in [0.2, 0.25) is 0 Å². The monoisotopic (exact) mass is 1240 g/mol. The summed E-state index contributed by atoms with van der Waals surface area (Å²) in [4.78, 5) is 0. The van der Waals surface area contributed by atoms with E-state index >= 15 is 0 Å². The van der Waals surface area contributed by atoms with Crippen LogP contribution in [0.1, 0.15) is 367 Å². The van der Waals surface area contributed by atoms with Gasteiger partial charge in [0, 0.05) is 40.2 Å². The first-order chi connectivity index (χ1) is 28.7. The Hall–Kier alpha value is 1.30. The molecule has 0 bridgehead atoms. The standard InChI is InChI=1S/C7H16.C7H14.C6H14.C6H12.16C2H6.2Ir/c2*1-3-5-7-6-4-2;2*1-3-5-6-4-2;16*1-2;;/h3-7H2,1-2H3;3-4H,5-7H2,1-2H3;3-6H2,1-2H3;3-4H,5-6H2,1-2H3;16*1-2H3;;/q;-2;;-2;;;;;;;;;;;;;;;;;;. The van der Waals surface area contributed by atoms with E-state index in [2.05, 4.69) is 81.1 Å². The number of rotatable bonds is 14. The molecule has 0 nitrogen and oxygen atoms in total. The smallest absolute Gasteiger partial charge is 0 e. The molecular formula is C58H152Ir2-4. The fourth-order valence-corrected chi connectivity index (χ4v) is 2.04. The maximum Gasteiger partial charge on any atom is 0 e. The van der Waals surface area contributed by atoms with Crippen molar-refractivity contribution < 1.29 is 40.2 Å². The van der Waals surface area contributed by atoms with E-state index < -0.39 is 0 Å². The molecule has 0 amide bonds. The summed E-state index contributed by atoms with van der Waals surface area (Å²) in [5.74, 6) is 0. The van der Waals surface area contributed by atoms with Crippen molar-refractivity contribution in [3.63, 3.8) is 0 Å². The van der Waals surface area contributed by atoms with Crippen LogP contribution in [0.2, 0.25) is 0 Å². The molecule has 0 aliphatic heterocycles. The van der Waals surface area contributed by atoms with Crippen LogP contribution in [-0.2, 0) is 40.2 Å². The van der Waals surface area contributed by atoms with Crippen molar-refractivity contribution in [2.75, 3.05) is 0 Å². The average Bonchev–Trinajstić information content (AvgIpc) is 3.38. The van der Waals surface area contributed by atoms with Crippen molar-refractivity contribution in [2.24, 2.45) is 0 Å². The summed E-state index contributed by atoms with van der Waals surface area (Å²) in [6.07, 6.45) is 27.7. The number of hydrogen-bond donors (Lipinski definition) is 0. The molecule has 0 N–H and O–H groups in total. The van der Waals surface area contributed by atoms with Crippen LogP contribution in [-0.4, -0.2) is 0 Å². The van der Waals surface area contributed by atoms with Crippen LogP contribution in [0.3, 0.4) is 0 Å². The maximum atomic E-state index is 2.25. The Morgan fingerprint density at radius 1 is 0.183 bits per heavy atom. The summed E-state index contributed by atoms with van der Waals surface area (Å²) in [5.41, 5.74) is 0. The summed E-state index contributed by atoms with van der Waals surface area (Å²) < 4.78 is 0. The van der Waals surface area contributed by atoms with Crippen LogP contribution in [0.25, 0.3) is 0 Å². The van der Waals surface area contributed by atoms with Crippen LogP contribution in [0.15, 0.2) is 0 Å². The van der Waals surface area contributed by atoms with Crippen molar-refractivity contribution in [2.45, 2.75) is 367 Å². The van der Waals surface area contributed by atoms with E-state index in [0.29, 0.717) is 0 Å². The Balaban J connectivity index is -0.0000000131. The van der Waals surface area contributed by atoms with Crippen LogP contribution < -0.4 is 0 Å². The first kappa shape index (κ1) is 144. The van der Waals surface area contributed by atoms with E-state index in [0.717, 1.165) is 0 Å². The molecule has 0 aromatic heterocycles. The molecule has 60 heavy (non-hydrogen) atoms. The summed E-state index contributed by atoms with van der Waals surface area (Å²) in [6, 6.07) is 0. The van der Waals surface area contributed by atoms with Gasteiger partial charge in [-0.1, -0.05) is 307 Å². The van der Waals surface area contributed by atoms with Crippen molar-refractivity contribution in [1.82, 2.24) is 0 Å². The van der Waals surface area contributed by atoms with Crippen molar-refractivity contribution >= 4 is 0 Å². The fraction of sp³-hybridized carbons (Fsp3) is 0.931. The summed E-state index contributed by atoms with van der Waals surface area (Å²) >= 11 is 0. The largest absolute Gasteiger partial charge is 0.334 e. The minimum Gasteiger partial charge on any atom is -0.334 e. The van der Waals surface area contributed by atoms with E-state index in [-0.39, 0.29) is 40.2 Å². The molecule has 0 spiro atoms. The molecule has 0 fully saturated rings. The molecule has 0 aliphatic carbocycles. The molecule has 0 saturated heterocycles. The van der Waals surface area contributed by atoms with Crippen LogP contribution in [0.5, 0.6) is 0 Å². The van der Waals surface area contributed by atoms with Gasteiger partial charge < -0.3 is 25.7 Å². The predicted molar refractivity (Wildman–Crippen MR) is 309 cm³/mol. The zero-order valence-corrected chi connectivity index (χ0v) is 57.7. The Kier molecular flexibility index (Phi) is 1370. The van der Waals surface area contributed by atoms with Gasteiger partial charge >= 0.3 is 0 Å². The molecule has 0 saturated carbocycles. The quantitative estimate of drug-likeness (QED) is 0.120. The SMILES string of the molecule is CC.CC.CC.CC.CC.CC.CC.CC.CC.CC.CC.CC.CC.CC.CC.CC.CCCCCC.CCCCCCC.C[CH-]CCC[CH-]C.C[CH-]CC[CH-]C.[Ir].[Ir]. The van der Waals surface area contributed by atoms with Crippen molar-refractivity contribution in [1.29, 1.82) is 0 Å². The second-order valence-electron chi connectivity index (χ2n) is 6.91. The predicted octanol–water partition coefficient (Wildman–Crippen LogP) is 26.8. The Morgan fingerprint density at radius 3 is 0.400 bits per heavy atom. The molecule has 2 radical (unpaired) electrons. The molecular weight excluding hydrogens is 1080 g/mol. The molecule has 2 heteroatoms. The van der Waals surface area contributed by atoms with Gasteiger partial charge in [0.1, 0.15) is 0 Å². The van der Waals surface area contributed by atoms with Gasteiger partial charge in [0.25, 0.3) is 0 Å². The molecule has 0 heterocycles. The van der Waals surface area contributed by atoms with Gasteiger partial charge in [0.15, 0.2) is 0 Å². The molecule has 406 valence electrons. The minimum atomic E-state index is 0. The first-order valence-corrected chi connectivity index (χ1v) is 27.8. The third kappa shape index (κ3) is 861. The Labute approximate surface area is 430 Å². The van der Waals surface area contributed by atoms with Crippen LogP contribution in [0.4, 0.5) is 0 Å². The van der Waals surface area contributed by atoms with Crippen LogP contribution >= 0.6 is 0 Å². The minimum absolute atomic E-state index is 0. The van der Waals surface area contributed by atoms with E-state index in [4.69, 9.17) is 0 Å². The number of hydrogen-bond acceptors (Lipinski definition) is 0. The third-order valence-electron chi connectivity index (χ3n) is 3.89. The second kappa shape index (κ2) is 569. The molecule has 0 rings (SSSR count). The topological polar surface area (TPSA) is 0 Å². The van der Waals surface area contributed by atoms with Crippen molar-refractivity contribution in [3.05, 3.63) is 25.7 Å². The normalized spacial score (nSPS) is 5.60. The average molecular weight is 1230 g/mol. The molecule has 0 aliphatic rings. The van der Waals surface area contributed by atoms with Gasteiger partial charge in [-0.15, -0.1) is 6.42 Å². The zero-order chi connectivity index (χ0) is 52.7. The molecule has 0 aromatic carbocycles.